The topological polar surface area (TPSA) is 156 Å². The minimum Gasteiger partial charge on any atom is -0.457 e. The van der Waals surface area contributed by atoms with Crippen LogP contribution in [-0.4, -0.2) is 82.5 Å². The number of anilines is 1. The molecule has 184 valence electrons. The van der Waals surface area contributed by atoms with Gasteiger partial charge in [0.15, 0.2) is 29.3 Å². The standard InChI is InChI=1S/C21H28N6O7/c1-11(28)6-14-15(8-32-21(30)22-3)34-20(17(14)33-12(2)29)27-10-25-16-18(23-9-24-19(16)27)26-13-4-5-31-7-13/h9-10,13-15,17,20H,4-8H2,1-3H3,(H,22,30)(H,23,24,26)/t13-,14-,15-,17-,20?/m1/s1. The molecule has 2 N–H and O–H groups in total. The summed E-state index contributed by atoms with van der Waals surface area (Å²) < 4.78 is 24.1. The van der Waals surface area contributed by atoms with Crippen molar-refractivity contribution in [2.75, 3.05) is 32.2 Å². The van der Waals surface area contributed by atoms with Gasteiger partial charge in [-0.25, -0.2) is 19.7 Å². The molecule has 2 aliphatic heterocycles. The van der Waals surface area contributed by atoms with E-state index in [1.165, 1.54) is 33.5 Å². The number of nitrogens with zero attached hydrogens (tertiary/aromatic N) is 4. The molecule has 2 aliphatic rings. The molecule has 13 nitrogen and oxygen atoms in total. The Morgan fingerprint density at radius 2 is 2.06 bits per heavy atom. The lowest BCUT2D eigenvalue weighted by atomic mass is 9.92. The van der Waals surface area contributed by atoms with Crippen molar-refractivity contribution in [1.82, 2.24) is 24.8 Å². The van der Waals surface area contributed by atoms with Crippen LogP contribution in [0.4, 0.5) is 10.6 Å². The summed E-state index contributed by atoms with van der Waals surface area (Å²) in [5, 5.41) is 5.70. The lowest BCUT2D eigenvalue weighted by molar-refractivity contribution is -0.154. The lowest BCUT2D eigenvalue weighted by Gasteiger charge is -2.23. The molecular formula is C21H28N6O7. The van der Waals surface area contributed by atoms with Gasteiger partial charge in [-0.05, 0) is 13.3 Å². The Bertz CT molecular complexity index is 1050. The maximum atomic E-state index is 12.0. The largest absolute Gasteiger partial charge is 0.457 e. The summed E-state index contributed by atoms with van der Waals surface area (Å²) in [6.45, 7) is 3.86. The number of ketones is 1. The summed E-state index contributed by atoms with van der Waals surface area (Å²) in [7, 11) is 1.44. The van der Waals surface area contributed by atoms with Gasteiger partial charge in [0.05, 0.1) is 19.0 Å². The first-order chi connectivity index (χ1) is 16.4. The van der Waals surface area contributed by atoms with E-state index < -0.39 is 36.4 Å². The van der Waals surface area contributed by atoms with Gasteiger partial charge >= 0.3 is 12.1 Å². The fourth-order valence-electron chi connectivity index (χ4n) is 4.30. The van der Waals surface area contributed by atoms with Crippen LogP contribution in [-0.2, 0) is 28.5 Å². The molecule has 0 radical (unpaired) electrons. The third-order valence-electron chi connectivity index (χ3n) is 5.81. The van der Waals surface area contributed by atoms with Crippen LogP contribution >= 0.6 is 0 Å². The van der Waals surface area contributed by atoms with E-state index in [0.717, 1.165) is 6.42 Å². The predicted molar refractivity (Wildman–Crippen MR) is 117 cm³/mol. The second-order valence-electron chi connectivity index (χ2n) is 8.31. The van der Waals surface area contributed by atoms with E-state index in [0.29, 0.717) is 30.2 Å². The lowest BCUT2D eigenvalue weighted by Crippen LogP contribution is -2.34. The number of Topliss-reactive ketones (excluding diaryl/α,β-unsaturated/α-hetero) is 1. The molecule has 1 amide bonds. The summed E-state index contributed by atoms with van der Waals surface area (Å²) in [4.78, 5) is 48.7. The van der Waals surface area contributed by atoms with Crippen LogP contribution in [0.5, 0.6) is 0 Å². The molecule has 5 atom stereocenters. The molecule has 0 aliphatic carbocycles. The van der Waals surface area contributed by atoms with E-state index in [4.69, 9.17) is 18.9 Å². The van der Waals surface area contributed by atoms with Crippen molar-refractivity contribution in [3.05, 3.63) is 12.7 Å². The average molecular weight is 476 g/mol. The van der Waals surface area contributed by atoms with Crippen LogP contribution in [0, 0.1) is 5.92 Å². The van der Waals surface area contributed by atoms with Crippen LogP contribution in [0.2, 0.25) is 0 Å². The van der Waals surface area contributed by atoms with Gasteiger partial charge in [-0.2, -0.15) is 0 Å². The molecular weight excluding hydrogens is 448 g/mol. The molecule has 0 spiro atoms. The van der Waals surface area contributed by atoms with Gasteiger partial charge in [-0.15, -0.1) is 0 Å². The molecule has 2 saturated heterocycles. The zero-order valence-electron chi connectivity index (χ0n) is 19.2. The first kappa shape index (κ1) is 23.8. The van der Waals surface area contributed by atoms with Gasteiger partial charge < -0.3 is 34.4 Å². The van der Waals surface area contributed by atoms with Crippen molar-refractivity contribution in [3.8, 4) is 0 Å². The van der Waals surface area contributed by atoms with E-state index >= 15 is 0 Å². The zero-order valence-corrected chi connectivity index (χ0v) is 19.2. The Kier molecular flexibility index (Phi) is 7.22. The zero-order chi connectivity index (χ0) is 24.2. The molecule has 2 aromatic rings. The van der Waals surface area contributed by atoms with Crippen molar-refractivity contribution >= 4 is 34.8 Å². The number of carbonyl (C=O) groups is 3. The van der Waals surface area contributed by atoms with Crippen LogP contribution in [0.3, 0.4) is 0 Å². The Labute approximate surface area is 195 Å². The molecule has 34 heavy (non-hydrogen) atoms. The fraction of sp³-hybridized carbons (Fsp3) is 0.619. The third-order valence-corrected chi connectivity index (χ3v) is 5.81. The summed E-state index contributed by atoms with van der Waals surface area (Å²) >= 11 is 0. The third kappa shape index (κ3) is 5.09. The van der Waals surface area contributed by atoms with Gasteiger partial charge in [-0.3, -0.25) is 9.36 Å². The van der Waals surface area contributed by atoms with Crippen LogP contribution in [0.15, 0.2) is 12.7 Å². The van der Waals surface area contributed by atoms with E-state index in [-0.39, 0.29) is 24.9 Å². The number of aromatic nitrogens is 4. The maximum absolute atomic E-state index is 12.0. The number of esters is 1. The molecule has 0 bridgehead atoms. The quantitative estimate of drug-likeness (QED) is 0.520. The molecule has 4 rings (SSSR count). The molecule has 1 unspecified atom stereocenters. The first-order valence-electron chi connectivity index (χ1n) is 11.1. The number of fused-ring (bicyclic) bond motifs is 1. The monoisotopic (exact) mass is 476 g/mol. The van der Waals surface area contributed by atoms with Crippen molar-refractivity contribution < 1.29 is 33.3 Å². The van der Waals surface area contributed by atoms with Gasteiger partial charge in [-0.1, -0.05) is 0 Å². The second kappa shape index (κ2) is 10.3. The van der Waals surface area contributed by atoms with Gasteiger partial charge in [0.2, 0.25) is 0 Å². The normalized spacial score (nSPS) is 26.4. The Hall–Kier alpha value is -3.32. The molecule has 0 aromatic carbocycles. The number of ether oxygens (including phenoxy) is 4. The van der Waals surface area contributed by atoms with Crippen LogP contribution < -0.4 is 10.6 Å². The highest BCUT2D eigenvalue weighted by atomic mass is 16.6. The summed E-state index contributed by atoms with van der Waals surface area (Å²) in [5.74, 6) is -0.619. The predicted octanol–water partition coefficient (Wildman–Crippen LogP) is 0.807. The van der Waals surface area contributed by atoms with Gasteiger partial charge in [0, 0.05) is 32.9 Å². The van der Waals surface area contributed by atoms with Crippen LogP contribution in [0.25, 0.3) is 11.2 Å². The maximum Gasteiger partial charge on any atom is 0.406 e. The number of hydrogen-bond donors (Lipinski definition) is 2. The average Bonchev–Trinajstić information content (AvgIpc) is 3.52. The highest BCUT2D eigenvalue weighted by Gasteiger charge is 2.49. The van der Waals surface area contributed by atoms with E-state index in [1.54, 1.807) is 4.57 Å². The molecule has 13 heteroatoms. The molecule has 2 fully saturated rings. The summed E-state index contributed by atoms with van der Waals surface area (Å²) in [6, 6.07) is 0.117. The minimum absolute atomic E-state index is 0.0757. The number of imidazole rings is 1. The Morgan fingerprint density at radius 1 is 1.24 bits per heavy atom. The second-order valence-corrected chi connectivity index (χ2v) is 8.31. The minimum atomic E-state index is -0.839. The first-order valence-corrected chi connectivity index (χ1v) is 11.1. The van der Waals surface area contributed by atoms with E-state index in [1.807, 2.05) is 0 Å². The van der Waals surface area contributed by atoms with E-state index in [9.17, 15) is 14.4 Å². The Balaban J connectivity index is 1.66. The Morgan fingerprint density at radius 3 is 2.74 bits per heavy atom. The number of nitrogens with one attached hydrogen (secondary N) is 2. The molecule has 4 heterocycles. The fourth-order valence-corrected chi connectivity index (χ4v) is 4.30. The van der Waals surface area contributed by atoms with E-state index in [2.05, 4.69) is 25.6 Å². The van der Waals surface area contributed by atoms with Crippen molar-refractivity contribution in [2.24, 2.45) is 5.92 Å². The SMILES string of the molecule is CNC(=O)OC[C@H]1OC(n2cnc3c(N[C@@H]4CCOC4)ncnc32)[C@H](OC(C)=O)[C@@H]1CC(C)=O. The number of hydrogen-bond acceptors (Lipinski definition) is 11. The smallest absolute Gasteiger partial charge is 0.406 e. The number of alkyl carbamates (subject to hydrolysis) is 1. The molecule has 0 saturated carbocycles. The number of rotatable bonds is 8. The number of amides is 1. The van der Waals surface area contributed by atoms with Crippen molar-refractivity contribution in [2.45, 2.75) is 51.2 Å². The van der Waals surface area contributed by atoms with Crippen molar-refractivity contribution in [3.63, 3.8) is 0 Å². The van der Waals surface area contributed by atoms with Crippen LogP contribution in [0.1, 0.15) is 32.9 Å². The highest BCUT2D eigenvalue weighted by Crippen LogP contribution is 2.40. The summed E-state index contributed by atoms with van der Waals surface area (Å²) in [6.07, 6.45) is 0.879. The van der Waals surface area contributed by atoms with Crippen molar-refractivity contribution in [1.29, 1.82) is 0 Å². The van der Waals surface area contributed by atoms with Gasteiger partial charge in [0.1, 0.15) is 24.8 Å². The van der Waals surface area contributed by atoms with Gasteiger partial charge in [0.25, 0.3) is 0 Å². The highest BCUT2D eigenvalue weighted by molar-refractivity contribution is 5.83. The molecule has 2 aromatic heterocycles. The summed E-state index contributed by atoms with van der Waals surface area (Å²) in [5.41, 5.74) is 0.987. The number of carbonyl (C=O) groups excluding carboxylic acids is 3.